The molecule has 0 radical (unpaired) electrons. The Hall–Kier alpha value is -1.31. The van der Waals surface area contributed by atoms with Crippen LogP contribution in [0.15, 0.2) is 36.5 Å². The highest BCUT2D eigenvalue weighted by atomic mass is 14.6. The molecular formula is C10H10BN. The molecule has 0 bridgehead atoms. The van der Waals surface area contributed by atoms with Crippen molar-refractivity contribution in [2.45, 2.75) is 6.32 Å². The lowest BCUT2D eigenvalue weighted by atomic mass is 9.94. The van der Waals surface area contributed by atoms with Gasteiger partial charge >= 0.3 is 0 Å². The Balaban J connectivity index is 2.79. The van der Waals surface area contributed by atoms with Gasteiger partial charge in [-0.2, -0.15) is 0 Å². The van der Waals surface area contributed by atoms with Crippen molar-refractivity contribution in [1.82, 2.24) is 4.98 Å². The van der Waals surface area contributed by atoms with Gasteiger partial charge in [-0.05, 0) is 17.7 Å². The van der Waals surface area contributed by atoms with Gasteiger partial charge in [-0.1, -0.05) is 24.5 Å². The maximum atomic E-state index is 4.29. The molecule has 1 heterocycles. The van der Waals surface area contributed by atoms with Gasteiger partial charge in [0.05, 0.1) is 5.52 Å². The second kappa shape index (κ2) is 2.98. The van der Waals surface area contributed by atoms with Crippen LogP contribution in [0.3, 0.4) is 0 Å². The fourth-order valence-electron chi connectivity index (χ4n) is 1.46. The zero-order valence-corrected chi connectivity index (χ0v) is 7.12. The second-order valence-electron chi connectivity index (χ2n) is 2.84. The van der Waals surface area contributed by atoms with Gasteiger partial charge in [-0.15, -0.1) is 0 Å². The third-order valence-electron chi connectivity index (χ3n) is 2.12. The minimum Gasteiger partial charge on any atom is -0.256 e. The topological polar surface area (TPSA) is 12.9 Å². The number of benzene rings is 1. The SMILES string of the molecule is BCc1ccnc2ccccc12. The van der Waals surface area contributed by atoms with Crippen molar-refractivity contribution >= 4 is 18.7 Å². The molecule has 0 aliphatic carbocycles. The minimum atomic E-state index is 1.07. The highest BCUT2D eigenvalue weighted by Gasteiger charge is 1.96. The monoisotopic (exact) mass is 155 g/mol. The molecule has 2 rings (SSSR count). The first-order chi connectivity index (χ1) is 5.92. The van der Waals surface area contributed by atoms with Gasteiger partial charge in [-0.25, -0.2) is 0 Å². The Morgan fingerprint density at radius 1 is 1.17 bits per heavy atom. The molecule has 2 heteroatoms. The van der Waals surface area contributed by atoms with Crippen molar-refractivity contribution < 1.29 is 0 Å². The number of fused-ring (bicyclic) bond motifs is 1. The van der Waals surface area contributed by atoms with Crippen LogP contribution < -0.4 is 0 Å². The summed E-state index contributed by atoms with van der Waals surface area (Å²) in [6.07, 6.45) is 2.95. The zero-order valence-electron chi connectivity index (χ0n) is 7.12. The molecule has 0 fully saturated rings. The number of pyridine rings is 1. The van der Waals surface area contributed by atoms with Crippen molar-refractivity contribution in [2.75, 3.05) is 0 Å². The van der Waals surface area contributed by atoms with Gasteiger partial charge in [-0.3, -0.25) is 4.98 Å². The van der Waals surface area contributed by atoms with Gasteiger partial charge < -0.3 is 0 Å². The fraction of sp³-hybridized carbons (Fsp3) is 0.100. The maximum absolute atomic E-state index is 4.29. The lowest BCUT2D eigenvalue weighted by Crippen LogP contribution is -1.87. The standard InChI is InChI=1S/C10H10BN/c11-7-8-5-6-12-10-4-2-1-3-9(8)10/h1-6H,7,11H2. The van der Waals surface area contributed by atoms with Crippen LogP contribution in [0.2, 0.25) is 0 Å². The first kappa shape index (κ1) is 7.35. The van der Waals surface area contributed by atoms with Crippen molar-refractivity contribution in [1.29, 1.82) is 0 Å². The van der Waals surface area contributed by atoms with Crippen LogP contribution in [-0.4, -0.2) is 12.8 Å². The summed E-state index contributed by atoms with van der Waals surface area (Å²) in [6, 6.07) is 10.3. The molecule has 0 N–H and O–H groups in total. The number of rotatable bonds is 1. The summed E-state index contributed by atoms with van der Waals surface area (Å²) in [6.45, 7) is 0. The minimum absolute atomic E-state index is 1.07. The van der Waals surface area contributed by atoms with Crippen LogP contribution in [0.25, 0.3) is 10.9 Å². The van der Waals surface area contributed by atoms with Crippen LogP contribution in [0, 0.1) is 0 Å². The van der Waals surface area contributed by atoms with E-state index in [4.69, 9.17) is 0 Å². The van der Waals surface area contributed by atoms with Crippen LogP contribution in [0.4, 0.5) is 0 Å². The van der Waals surface area contributed by atoms with E-state index in [0.717, 1.165) is 11.8 Å². The number of nitrogens with zero attached hydrogens (tertiary/aromatic N) is 1. The second-order valence-corrected chi connectivity index (χ2v) is 2.84. The quantitative estimate of drug-likeness (QED) is 0.566. The molecule has 0 saturated carbocycles. The molecule has 1 aromatic carbocycles. The van der Waals surface area contributed by atoms with E-state index in [0.29, 0.717) is 0 Å². The van der Waals surface area contributed by atoms with E-state index in [1.807, 2.05) is 12.3 Å². The Labute approximate surface area is 72.8 Å². The van der Waals surface area contributed by atoms with E-state index in [9.17, 15) is 0 Å². The molecule has 0 spiro atoms. The molecule has 0 aliphatic rings. The van der Waals surface area contributed by atoms with Gasteiger partial charge in [0.25, 0.3) is 0 Å². The van der Waals surface area contributed by atoms with E-state index in [1.165, 1.54) is 10.9 Å². The van der Waals surface area contributed by atoms with E-state index < -0.39 is 0 Å². The van der Waals surface area contributed by atoms with Gasteiger partial charge in [0.1, 0.15) is 7.85 Å². The first-order valence-electron chi connectivity index (χ1n) is 4.24. The summed E-state index contributed by atoms with van der Waals surface area (Å²) in [5, 5.41) is 1.28. The molecule has 1 nitrogen and oxygen atoms in total. The number of para-hydroxylation sites is 1. The third-order valence-corrected chi connectivity index (χ3v) is 2.12. The van der Waals surface area contributed by atoms with Crippen LogP contribution in [-0.2, 0) is 6.32 Å². The number of aromatic nitrogens is 1. The lowest BCUT2D eigenvalue weighted by molar-refractivity contribution is 1.34. The largest absolute Gasteiger partial charge is 0.256 e. The molecular weight excluding hydrogens is 145 g/mol. The lowest BCUT2D eigenvalue weighted by Gasteiger charge is -2.01. The molecule has 2 aromatic rings. The van der Waals surface area contributed by atoms with Gasteiger partial charge in [0.2, 0.25) is 0 Å². The van der Waals surface area contributed by atoms with Crippen LogP contribution >= 0.6 is 0 Å². The highest BCUT2D eigenvalue weighted by molar-refractivity contribution is 6.09. The summed E-state index contributed by atoms with van der Waals surface area (Å²) < 4.78 is 0. The summed E-state index contributed by atoms with van der Waals surface area (Å²) in [7, 11) is 2.17. The Morgan fingerprint density at radius 2 is 2.00 bits per heavy atom. The van der Waals surface area contributed by atoms with Crippen LogP contribution in [0.1, 0.15) is 5.56 Å². The summed E-state index contributed by atoms with van der Waals surface area (Å²) in [5.41, 5.74) is 2.47. The Kier molecular flexibility index (Phi) is 1.82. The summed E-state index contributed by atoms with van der Waals surface area (Å²) in [5.74, 6) is 0. The molecule has 0 saturated heterocycles. The van der Waals surface area contributed by atoms with Crippen molar-refractivity contribution in [2.24, 2.45) is 0 Å². The molecule has 0 unspecified atom stereocenters. The number of hydrogen-bond acceptors (Lipinski definition) is 1. The van der Waals surface area contributed by atoms with Crippen molar-refractivity contribution in [3.05, 3.63) is 42.1 Å². The summed E-state index contributed by atoms with van der Waals surface area (Å²) in [4.78, 5) is 4.29. The van der Waals surface area contributed by atoms with Gasteiger partial charge in [0.15, 0.2) is 0 Å². The maximum Gasteiger partial charge on any atom is 0.107 e. The third kappa shape index (κ3) is 1.09. The van der Waals surface area contributed by atoms with E-state index in [2.05, 4.69) is 37.1 Å². The van der Waals surface area contributed by atoms with Crippen molar-refractivity contribution in [3.63, 3.8) is 0 Å². The van der Waals surface area contributed by atoms with E-state index >= 15 is 0 Å². The average Bonchev–Trinajstić information content (AvgIpc) is 2.17. The Bertz CT molecular complexity index is 392. The predicted octanol–water partition coefficient (Wildman–Crippen LogP) is 1.37. The predicted molar refractivity (Wildman–Crippen MR) is 54.0 cm³/mol. The number of hydrogen-bond donors (Lipinski definition) is 0. The van der Waals surface area contributed by atoms with Gasteiger partial charge in [0, 0.05) is 11.6 Å². The molecule has 12 heavy (non-hydrogen) atoms. The molecule has 0 amide bonds. The Morgan fingerprint density at radius 3 is 2.83 bits per heavy atom. The van der Waals surface area contributed by atoms with Crippen molar-refractivity contribution in [3.8, 4) is 0 Å². The van der Waals surface area contributed by atoms with Crippen LogP contribution in [0.5, 0.6) is 0 Å². The fourth-order valence-corrected chi connectivity index (χ4v) is 1.46. The molecule has 1 aromatic heterocycles. The van der Waals surface area contributed by atoms with E-state index in [1.54, 1.807) is 0 Å². The molecule has 0 aliphatic heterocycles. The molecule has 0 atom stereocenters. The highest BCUT2D eigenvalue weighted by Crippen LogP contribution is 2.15. The first-order valence-corrected chi connectivity index (χ1v) is 4.24. The smallest absolute Gasteiger partial charge is 0.107 e. The normalized spacial score (nSPS) is 10.3. The molecule has 58 valence electrons. The summed E-state index contributed by atoms with van der Waals surface area (Å²) >= 11 is 0. The zero-order chi connectivity index (χ0) is 8.39. The van der Waals surface area contributed by atoms with E-state index in [-0.39, 0.29) is 0 Å². The average molecular weight is 155 g/mol.